The molecule has 0 radical (unpaired) electrons. The SMILES string of the molecule is COc1ccc(C(=O)Nc2nc3c(s2)CCC3C(=O)NC2CC2)cc1. The number of aryl methyl sites for hydroxylation is 1. The zero-order valence-corrected chi connectivity index (χ0v) is 14.7. The molecule has 2 aliphatic rings. The summed E-state index contributed by atoms with van der Waals surface area (Å²) in [5.41, 5.74) is 1.37. The predicted molar refractivity (Wildman–Crippen MR) is 95.3 cm³/mol. The second-order valence-corrected chi connectivity index (χ2v) is 7.47. The van der Waals surface area contributed by atoms with E-state index in [9.17, 15) is 9.59 Å². The van der Waals surface area contributed by atoms with E-state index in [2.05, 4.69) is 15.6 Å². The molecule has 6 nitrogen and oxygen atoms in total. The Balaban J connectivity index is 1.45. The normalized spacial score (nSPS) is 18.5. The number of ether oxygens (including phenoxy) is 1. The standard InChI is InChI=1S/C18H19N3O3S/c1-24-12-6-2-10(3-7-12)16(22)21-18-20-15-13(8-9-14(15)25-18)17(23)19-11-4-5-11/h2-3,6-7,11,13H,4-5,8-9H2,1H3,(H,19,23)(H,20,21,22). The van der Waals surface area contributed by atoms with Gasteiger partial charge < -0.3 is 10.1 Å². The largest absolute Gasteiger partial charge is 0.497 e. The number of carbonyl (C=O) groups excluding carboxylic acids is 2. The third-order valence-electron chi connectivity index (χ3n) is 4.53. The molecule has 2 N–H and O–H groups in total. The number of hydrogen-bond acceptors (Lipinski definition) is 5. The second kappa shape index (κ2) is 6.48. The Bertz CT molecular complexity index is 811. The van der Waals surface area contributed by atoms with E-state index >= 15 is 0 Å². The highest BCUT2D eigenvalue weighted by Gasteiger charge is 2.35. The monoisotopic (exact) mass is 357 g/mol. The highest BCUT2D eigenvalue weighted by molar-refractivity contribution is 7.16. The van der Waals surface area contributed by atoms with Crippen LogP contribution in [-0.2, 0) is 11.2 Å². The molecule has 0 saturated heterocycles. The molecule has 0 bridgehead atoms. The maximum Gasteiger partial charge on any atom is 0.257 e. The fraction of sp³-hybridized carbons (Fsp3) is 0.389. The van der Waals surface area contributed by atoms with Crippen molar-refractivity contribution in [1.29, 1.82) is 0 Å². The molecular weight excluding hydrogens is 338 g/mol. The Labute approximate surface area is 149 Å². The molecule has 1 aromatic heterocycles. The van der Waals surface area contributed by atoms with Gasteiger partial charge in [-0.25, -0.2) is 4.98 Å². The number of aromatic nitrogens is 1. The maximum atomic E-state index is 12.3. The van der Waals surface area contributed by atoms with Crippen molar-refractivity contribution >= 4 is 28.3 Å². The van der Waals surface area contributed by atoms with Crippen LogP contribution in [0.25, 0.3) is 0 Å². The van der Waals surface area contributed by atoms with Crippen LogP contribution in [0.1, 0.15) is 46.1 Å². The minimum absolute atomic E-state index is 0.0691. The Hall–Kier alpha value is -2.41. The summed E-state index contributed by atoms with van der Waals surface area (Å²) in [6, 6.07) is 7.26. The lowest BCUT2D eigenvalue weighted by Gasteiger charge is -2.09. The zero-order chi connectivity index (χ0) is 17.4. The van der Waals surface area contributed by atoms with Gasteiger partial charge in [-0.15, -0.1) is 11.3 Å². The number of thiazole rings is 1. The van der Waals surface area contributed by atoms with Crippen molar-refractivity contribution in [2.75, 3.05) is 12.4 Å². The summed E-state index contributed by atoms with van der Waals surface area (Å²) in [4.78, 5) is 30.3. The van der Waals surface area contributed by atoms with Gasteiger partial charge in [0, 0.05) is 16.5 Å². The fourth-order valence-corrected chi connectivity index (χ4v) is 4.01. The number of nitrogens with zero attached hydrogens (tertiary/aromatic N) is 1. The van der Waals surface area contributed by atoms with Gasteiger partial charge >= 0.3 is 0 Å². The van der Waals surface area contributed by atoms with Gasteiger partial charge in [0.05, 0.1) is 18.7 Å². The summed E-state index contributed by atoms with van der Waals surface area (Å²) < 4.78 is 5.09. The van der Waals surface area contributed by atoms with Gasteiger partial charge in [-0.3, -0.25) is 14.9 Å². The molecule has 1 aromatic carbocycles. The Kier molecular flexibility index (Phi) is 4.17. The number of rotatable bonds is 5. The molecule has 25 heavy (non-hydrogen) atoms. The number of hydrogen-bond donors (Lipinski definition) is 2. The lowest BCUT2D eigenvalue weighted by molar-refractivity contribution is -0.122. The fourth-order valence-electron chi connectivity index (χ4n) is 2.98. The quantitative estimate of drug-likeness (QED) is 0.862. The van der Waals surface area contributed by atoms with Crippen LogP contribution in [0.5, 0.6) is 5.75 Å². The topological polar surface area (TPSA) is 80.3 Å². The average molecular weight is 357 g/mol. The average Bonchev–Trinajstić information content (AvgIpc) is 3.20. The zero-order valence-electron chi connectivity index (χ0n) is 13.9. The van der Waals surface area contributed by atoms with Crippen LogP contribution in [0, 0.1) is 0 Å². The third kappa shape index (κ3) is 3.37. The van der Waals surface area contributed by atoms with Gasteiger partial charge in [0.25, 0.3) is 5.91 Å². The van der Waals surface area contributed by atoms with Crippen molar-refractivity contribution in [1.82, 2.24) is 10.3 Å². The second-order valence-electron chi connectivity index (χ2n) is 6.38. The van der Waals surface area contributed by atoms with Crippen molar-refractivity contribution in [3.63, 3.8) is 0 Å². The van der Waals surface area contributed by atoms with Gasteiger partial charge in [0.2, 0.25) is 5.91 Å². The van der Waals surface area contributed by atoms with Crippen molar-refractivity contribution in [2.45, 2.75) is 37.6 Å². The molecule has 0 spiro atoms. The van der Waals surface area contributed by atoms with Crippen molar-refractivity contribution < 1.29 is 14.3 Å². The van der Waals surface area contributed by atoms with Crippen LogP contribution < -0.4 is 15.4 Å². The van der Waals surface area contributed by atoms with E-state index in [0.717, 1.165) is 36.3 Å². The summed E-state index contributed by atoms with van der Waals surface area (Å²) >= 11 is 1.46. The molecule has 7 heteroatoms. The van der Waals surface area contributed by atoms with Crippen molar-refractivity contribution in [3.8, 4) is 5.75 Å². The maximum absolute atomic E-state index is 12.3. The minimum atomic E-state index is -0.214. The van der Waals surface area contributed by atoms with E-state index in [0.29, 0.717) is 22.5 Å². The van der Waals surface area contributed by atoms with E-state index in [1.54, 1.807) is 31.4 Å². The van der Waals surface area contributed by atoms with E-state index in [4.69, 9.17) is 4.74 Å². The van der Waals surface area contributed by atoms with Crippen molar-refractivity contribution in [2.24, 2.45) is 0 Å². The number of fused-ring (bicyclic) bond motifs is 1. The van der Waals surface area contributed by atoms with Gasteiger partial charge in [-0.05, 0) is 49.9 Å². The first-order valence-corrected chi connectivity index (χ1v) is 9.21. The summed E-state index contributed by atoms with van der Waals surface area (Å²) in [7, 11) is 1.59. The third-order valence-corrected chi connectivity index (χ3v) is 5.58. The molecule has 2 aromatic rings. The van der Waals surface area contributed by atoms with Crippen LogP contribution in [0.4, 0.5) is 5.13 Å². The molecule has 1 heterocycles. The smallest absolute Gasteiger partial charge is 0.257 e. The van der Waals surface area contributed by atoms with Crippen molar-refractivity contribution in [3.05, 3.63) is 40.4 Å². The number of benzene rings is 1. The number of nitrogens with one attached hydrogen (secondary N) is 2. The molecule has 0 aliphatic heterocycles. The Morgan fingerprint density at radius 2 is 1.96 bits per heavy atom. The van der Waals surface area contributed by atoms with Crippen LogP contribution in [0.3, 0.4) is 0 Å². The van der Waals surface area contributed by atoms with Crippen LogP contribution in [0.2, 0.25) is 0 Å². The molecule has 1 fully saturated rings. The predicted octanol–water partition coefficient (Wildman–Crippen LogP) is 2.71. The molecule has 2 aliphatic carbocycles. The molecule has 2 amide bonds. The van der Waals surface area contributed by atoms with Crippen LogP contribution in [-0.4, -0.2) is 29.9 Å². The van der Waals surface area contributed by atoms with Crippen LogP contribution >= 0.6 is 11.3 Å². The summed E-state index contributed by atoms with van der Waals surface area (Å²) in [6.07, 6.45) is 3.80. The Morgan fingerprint density at radius 3 is 2.64 bits per heavy atom. The van der Waals surface area contributed by atoms with E-state index in [-0.39, 0.29) is 17.7 Å². The van der Waals surface area contributed by atoms with Gasteiger partial charge in [0.1, 0.15) is 5.75 Å². The lowest BCUT2D eigenvalue weighted by Crippen LogP contribution is -2.30. The highest BCUT2D eigenvalue weighted by Crippen LogP contribution is 2.39. The molecule has 1 unspecified atom stereocenters. The first kappa shape index (κ1) is 16.1. The van der Waals surface area contributed by atoms with Gasteiger partial charge in [-0.2, -0.15) is 0 Å². The molecule has 1 atom stereocenters. The molecular formula is C18H19N3O3S. The number of carbonyl (C=O) groups is 2. The number of amides is 2. The first-order valence-electron chi connectivity index (χ1n) is 8.39. The van der Waals surface area contributed by atoms with Gasteiger partial charge in [-0.1, -0.05) is 0 Å². The van der Waals surface area contributed by atoms with Gasteiger partial charge in [0.15, 0.2) is 5.13 Å². The minimum Gasteiger partial charge on any atom is -0.497 e. The molecule has 4 rings (SSSR count). The number of methoxy groups -OCH3 is 1. The Morgan fingerprint density at radius 1 is 1.20 bits per heavy atom. The summed E-state index contributed by atoms with van der Waals surface area (Å²) in [6.45, 7) is 0. The van der Waals surface area contributed by atoms with Crippen LogP contribution in [0.15, 0.2) is 24.3 Å². The number of anilines is 1. The molecule has 130 valence electrons. The van der Waals surface area contributed by atoms with E-state index < -0.39 is 0 Å². The highest BCUT2D eigenvalue weighted by atomic mass is 32.1. The summed E-state index contributed by atoms with van der Waals surface area (Å²) in [5.74, 6) is 0.376. The lowest BCUT2D eigenvalue weighted by atomic mass is 10.1. The molecule has 1 saturated carbocycles. The van der Waals surface area contributed by atoms with E-state index in [1.165, 1.54) is 11.3 Å². The first-order chi connectivity index (χ1) is 12.1. The van der Waals surface area contributed by atoms with E-state index in [1.807, 2.05) is 0 Å². The summed E-state index contributed by atoms with van der Waals surface area (Å²) in [5, 5.41) is 6.43.